The number of alkyl halides is 3. The smallest absolute Gasteiger partial charge is 0.390 e. The van der Waals surface area contributed by atoms with Crippen molar-refractivity contribution < 1.29 is 31.1 Å². The fraction of sp³-hybridized carbons (Fsp3) is 0.615. The van der Waals surface area contributed by atoms with E-state index in [1.165, 1.54) is 0 Å². The summed E-state index contributed by atoms with van der Waals surface area (Å²) in [7, 11) is -4.07. The third kappa shape index (κ3) is 9.50. The number of hydrogen-bond acceptors (Lipinski definition) is 8. The Bertz CT molecular complexity index is 1140. The normalized spacial score (nSPS) is 15.6. The number of rotatable bonds is 14. The average Bonchev–Trinajstić information content (AvgIpc) is 2.91. The van der Waals surface area contributed by atoms with Gasteiger partial charge in [-0.2, -0.15) is 13.2 Å². The molecule has 2 heterocycles. The van der Waals surface area contributed by atoms with Crippen molar-refractivity contribution in [1.29, 1.82) is 0 Å². The summed E-state index contributed by atoms with van der Waals surface area (Å²) in [5, 5.41) is 3.41. The Morgan fingerprint density at radius 1 is 1.15 bits per heavy atom. The van der Waals surface area contributed by atoms with Crippen LogP contribution in [0.4, 0.5) is 30.2 Å². The van der Waals surface area contributed by atoms with Crippen molar-refractivity contribution in [3.05, 3.63) is 36.2 Å². The van der Waals surface area contributed by atoms with Gasteiger partial charge in [0.25, 0.3) is 0 Å². The molecule has 1 aromatic carbocycles. The summed E-state index contributed by atoms with van der Waals surface area (Å²) < 4.78 is 75.3. The highest BCUT2D eigenvalue weighted by Gasteiger charge is 2.30. The van der Waals surface area contributed by atoms with E-state index in [0.29, 0.717) is 38.0 Å². The van der Waals surface area contributed by atoms with Gasteiger partial charge in [-0.3, -0.25) is 0 Å². The van der Waals surface area contributed by atoms with E-state index >= 15 is 0 Å². The molecule has 2 N–H and O–H groups in total. The number of aromatic nitrogens is 2. The van der Waals surface area contributed by atoms with Crippen LogP contribution in [0, 0.1) is 0 Å². The molecule has 3 rings (SSSR count). The molecular formula is C26H38F3N5O4S. The lowest BCUT2D eigenvalue weighted by Gasteiger charge is -2.37. The summed E-state index contributed by atoms with van der Waals surface area (Å²) in [5.74, 6) is -1.23. The zero-order valence-corrected chi connectivity index (χ0v) is 23.4. The Hall–Kier alpha value is -2.64. The zero-order chi connectivity index (χ0) is 28.5. The summed E-state index contributed by atoms with van der Waals surface area (Å²) in [6.07, 6.45) is -0.266. The van der Waals surface area contributed by atoms with Gasteiger partial charge in [-0.15, -0.1) is 0 Å². The number of nitrogens with zero attached hydrogens (tertiary/aromatic N) is 3. The molecule has 39 heavy (non-hydrogen) atoms. The SMILES string of the molecule is CCOc1ncc(Nc2cc([C@H](CC)CNS(=O)(=O)CCC(F)(F)F)ccc2N(CC)C2CCOCC2)cn1. The fourth-order valence-corrected chi connectivity index (χ4v) is 5.67. The Morgan fingerprint density at radius 2 is 1.85 bits per heavy atom. The number of sulfonamides is 1. The molecule has 0 amide bonds. The molecule has 1 aromatic heterocycles. The summed E-state index contributed by atoms with van der Waals surface area (Å²) in [6, 6.07) is 6.50. The number of benzene rings is 1. The van der Waals surface area contributed by atoms with Gasteiger partial charge < -0.3 is 19.7 Å². The second-order valence-corrected chi connectivity index (χ2v) is 11.3. The molecule has 2 aromatic rings. The van der Waals surface area contributed by atoms with Crippen molar-refractivity contribution in [3.63, 3.8) is 0 Å². The van der Waals surface area contributed by atoms with Crippen molar-refractivity contribution in [2.24, 2.45) is 0 Å². The van der Waals surface area contributed by atoms with E-state index in [-0.39, 0.29) is 18.5 Å². The first-order chi connectivity index (χ1) is 18.5. The van der Waals surface area contributed by atoms with Crippen LogP contribution in [0.15, 0.2) is 30.6 Å². The number of halogens is 3. The highest BCUT2D eigenvalue weighted by Crippen LogP contribution is 2.35. The lowest BCUT2D eigenvalue weighted by atomic mass is 9.95. The quantitative estimate of drug-likeness (QED) is 0.326. The summed E-state index contributed by atoms with van der Waals surface area (Å²) in [5.41, 5.74) is 3.28. The molecule has 218 valence electrons. The van der Waals surface area contributed by atoms with Gasteiger partial charge in [-0.25, -0.2) is 23.1 Å². The van der Waals surface area contributed by atoms with Crippen LogP contribution in [0.1, 0.15) is 57.9 Å². The second-order valence-electron chi connectivity index (χ2n) is 9.36. The predicted molar refractivity (Wildman–Crippen MR) is 145 cm³/mol. The van der Waals surface area contributed by atoms with Crippen molar-refractivity contribution in [2.45, 2.75) is 64.6 Å². The van der Waals surface area contributed by atoms with Crippen LogP contribution < -0.4 is 19.7 Å². The lowest BCUT2D eigenvalue weighted by molar-refractivity contribution is -0.130. The minimum Gasteiger partial charge on any atom is -0.464 e. The minimum atomic E-state index is -4.53. The van der Waals surface area contributed by atoms with Crippen LogP contribution in [-0.4, -0.2) is 69.3 Å². The van der Waals surface area contributed by atoms with E-state index in [1.807, 2.05) is 32.0 Å². The van der Waals surface area contributed by atoms with Gasteiger partial charge in [-0.05, 0) is 56.7 Å². The van der Waals surface area contributed by atoms with Crippen molar-refractivity contribution in [2.75, 3.05) is 48.9 Å². The van der Waals surface area contributed by atoms with E-state index in [9.17, 15) is 21.6 Å². The maximum Gasteiger partial charge on any atom is 0.390 e. The van der Waals surface area contributed by atoms with E-state index < -0.39 is 28.4 Å². The van der Waals surface area contributed by atoms with Crippen LogP contribution in [0.3, 0.4) is 0 Å². The fourth-order valence-electron chi connectivity index (χ4n) is 4.57. The van der Waals surface area contributed by atoms with Crippen molar-refractivity contribution in [3.8, 4) is 6.01 Å². The second kappa shape index (κ2) is 14.1. The molecule has 0 spiro atoms. The summed E-state index contributed by atoms with van der Waals surface area (Å²) in [4.78, 5) is 10.8. The molecule has 0 unspecified atom stereocenters. The largest absolute Gasteiger partial charge is 0.464 e. The Morgan fingerprint density at radius 3 is 2.44 bits per heavy atom. The van der Waals surface area contributed by atoms with Crippen molar-refractivity contribution in [1.82, 2.24) is 14.7 Å². The molecule has 0 bridgehead atoms. The highest BCUT2D eigenvalue weighted by atomic mass is 32.2. The molecule has 13 heteroatoms. The van der Waals surface area contributed by atoms with Crippen LogP contribution in [0.25, 0.3) is 0 Å². The predicted octanol–water partition coefficient (Wildman–Crippen LogP) is 4.99. The standard InChI is InChI=1S/C26H38F3N5O4S/c1-4-19(16-32-39(35,36)14-11-26(27,28)29)20-7-8-24(34(5-2)22-9-12-37-13-10-22)23(15-20)33-21-17-30-25(31-18-21)38-6-3/h7-8,15,17-19,22,32-33H,4-6,9-14,16H2,1-3H3/t19-/m1/s1. The maximum absolute atomic E-state index is 12.5. The highest BCUT2D eigenvalue weighted by molar-refractivity contribution is 7.89. The van der Waals surface area contributed by atoms with Gasteiger partial charge in [0.15, 0.2) is 0 Å². The first kappa shape index (κ1) is 30.9. The van der Waals surface area contributed by atoms with Gasteiger partial charge in [-0.1, -0.05) is 13.0 Å². The van der Waals surface area contributed by atoms with E-state index in [0.717, 1.165) is 36.3 Å². The molecule has 0 saturated carbocycles. The van der Waals surface area contributed by atoms with E-state index in [2.05, 4.69) is 31.8 Å². The Labute approximate surface area is 228 Å². The molecule has 0 aliphatic carbocycles. The topological polar surface area (TPSA) is 106 Å². The first-order valence-electron chi connectivity index (χ1n) is 13.3. The molecule has 9 nitrogen and oxygen atoms in total. The number of anilines is 3. The summed E-state index contributed by atoms with van der Waals surface area (Å²) in [6.45, 7) is 8.47. The summed E-state index contributed by atoms with van der Waals surface area (Å²) >= 11 is 0. The minimum absolute atomic E-state index is 0.000895. The van der Waals surface area contributed by atoms with Crippen molar-refractivity contribution >= 4 is 27.1 Å². The maximum atomic E-state index is 12.5. The van der Waals surface area contributed by atoms with Gasteiger partial charge in [0.1, 0.15) is 0 Å². The van der Waals surface area contributed by atoms with Crippen LogP contribution >= 0.6 is 0 Å². The van der Waals surface area contributed by atoms with Crippen LogP contribution in [0.2, 0.25) is 0 Å². The molecule has 1 fully saturated rings. The van der Waals surface area contributed by atoms with Crippen LogP contribution in [-0.2, 0) is 14.8 Å². The average molecular weight is 574 g/mol. The van der Waals surface area contributed by atoms with E-state index in [1.54, 1.807) is 12.4 Å². The lowest BCUT2D eigenvalue weighted by Crippen LogP contribution is -2.39. The molecule has 1 saturated heterocycles. The van der Waals surface area contributed by atoms with Gasteiger partial charge >= 0.3 is 12.2 Å². The van der Waals surface area contributed by atoms with E-state index in [4.69, 9.17) is 9.47 Å². The first-order valence-corrected chi connectivity index (χ1v) is 14.9. The van der Waals surface area contributed by atoms with Crippen LogP contribution in [0.5, 0.6) is 6.01 Å². The van der Waals surface area contributed by atoms with Gasteiger partial charge in [0.2, 0.25) is 10.0 Å². The third-order valence-electron chi connectivity index (χ3n) is 6.65. The number of ether oxygens (including phenoxy) is 2. The molecule has 1 atom stereocenters. The van der Waals surface area contributed by atoms with Gasteiger partial charge in [0.05, 0.1) is 48.2 Å². The number of hydrogen-bond donors (Lipinski definition) is 2. The number of nitrogens with one attached hydrogen (secondary N) is 2. The Kier molecular flexibility index (Phi) is 11.2. The monoisotopic (exact) mass is 573 g/mol. The molecule has 0 radical (unpaired) electrons. The molecular weight excluding hydrogens is 535 g/mol. The zero-order valence-electron chi connectivity index (χ0n) is 22.6. The molecule has 1 aliphatic heterocycles. The Balaban J connectivity index is 1.87. The third-order valence-corrected chi connectivity index (χ3v) is 8.00. The van der Waals surface area contributed by atoms with Gasteiger partial charge in [0, 0.05) is 32.3 Å². The molecule has 1 aliphatic rings.